The van der Waals surface area contributed by atoms with Crippen molar-refractivity contribution in [2.45, 2.75) is 11.2 Å². The summed E-state index contributed by atoms with van der Waals surface area (Å²) in [5, 5.41) is -2.75. The quantitative estimate of drug-likeness (QED) is 0.624. The summed E-state index contributed by atoms with van der Waals surface area (Å²) in [5.74, 6) is 0.132. The fraction of sp³-hybridized carbons (Fsp3) is 0.200. The van der Waals surface area contributed by atoms with Gasteiger partial charge in [0.25, 0.3) is 5.06 Å². The van der Waals surface area contributed by atoms with Crippen LogP contribution in [0.15, 0.2) is 30.3 Å². The minimum atomic E-state index is -4.64. The van der Waals surface area contributed by atoms with Gasteiger partial charge in [-0.15, -0.1) is 0 Å². The zero-order chi connectivity index (χ0) is 11.1. The van der Waals surface area contributed by atoms with Crippen LogP contribution in [0.5, 0.6) is 5.75 Å². The molecule has 5 heteroatoms. The second kappa shape index (κ2) is 3.17. The van der Waals surface area contributed by atoms with Gasteiger partial charge in [0.15, 0.2) is 0 Å². The van der Waals surface area contributed by atoms with E-state index in [0.717, 1.165) is 6.08 Å². The molecule has 0 bridgehead atoms. The monoisotopic (exact) mass is 234 g/mol. The molecule has 15 heavy (non-hydrogen) atoms. The lowest BCUT2D eigenvalue weighted by Crippen LogP contribution is -2.44. The summed E-state index contributed by atoms with van der Waals surface area (Å²) in [6.07, 6.45) is -2.53. The number of hydrogen-bond acceptors (Lipinski definition) is 1. The van der Waals surface area contributed by atoms with Crippen molar-refractivity contribution in [1.29, 1.82) is 0 Å². The Morgan fingerprint density at radius 2 is 1.87 bits per heavy atom. The van der Waals surface area contributed by atoms with Crippen LogP contribution in [0.2, 0.25) is 0 Å². The molecule has 1 aliphatic heterocycles. The third kappa shape index (κ3) is 1.69. The van der Waals surface area contributed by atoms with Gasteiger partial charge in [-0.25, -0.2) is 0 Å². The SMILES string of the molecule is FC(F)(F)C1(Cl)C=Cc2ccccc2O1. The van der Waals surface area contributed by atoms with Crippen LogP contribution in [-0.4, -0.2) is 11.2 Å². The highest BCUT2D eigenvalue weighted by molar-refractivity contribution is 6.25. The first-order valence-corrected chi connectivity index (χ1v) is 4.53. The van der Waals surface area contributed by atoms with Crippen LogP contribution in [-0.2, 0) is 0 Å². The molecule has 0 saturated heterocycles. The summed E-state index contributed by atoms with van der Waals surface area (Å²) < 4.78 is 42.3. The smallest absolute Gasteiger partial charge is 0.447 e. The molecule has 1 atom stereocenters. The zero-order valence-electron chi connectivity index (χ0n) is 7.38. The minimum absolute atomic E-state index is 0.132. The van der Waals surface area contributed by atoms with Crippen LogP contribution in [0.3, 0.4) is 0 Å². The number of alkyl halides is 4. The molecule has 0 N–H and O–H groups in total. The Labute approximate surface area is 89.1 Å². The molecule has 0 spiro atoms. The van der Waals surface area contributed by atoms with Crippen LogP contribution in [0.25, 0.3) is 6.08 Å². The van der Waals surface area contributed by atoms with Gasteiger partial charge in [0.05, 0.1) is 0 Å². The van der Waals surface area contributed by atoms with E-state index in [-0.39, 0.29) is 5.75 Å². The predicted molar refractivity (Wildman–Crippen MR) is 50.7 cm³/mol. The van der Waals surface area contributed by atoms with E-state index in [1.165, 1.54) is 12.1 Å². The van der Waals surface area contributed by atoms with Crippen LogP contribution in [0.4, 0.5) is 13.2 Å². The molecule has 1 nitrogen and oxygen atoms in total. The molecule has 0 aliphatic carbocycles. The highest BCUT2D eigenvalue weighted by Crippen LogP contribution is 2.43. The first-order valence-electron chi connectivity index (χ1n) is 4.15. The maximum absolute atomic E-state index is 12.5. The largest absolute Gasteiger partial charge is 0.458 e. The van der Waals surface area contributed by atoms with Gasteiger partial charge in [-0.1, -0.05) is 29.8 Å². The van der Waals surface area contributed by atoms with Gasteiger partial charge in [-0.3, -0.25) is 0 Å². The topological polar surface area (TPSA) is 9.23 Å². The Hall–Kier alpha value is -1.16. The summed E-state index contributed by atoms with van der Waals surface area (Å²) in [6.45, 7) is 0. The molecule has 0 aromatic heterocycles. The van der Waals surface area contributed by atoms with Crippen molar-refractivity contribution in [3.05, 3.63) is 35.9 Å². The van der Waals surface area contributed by atoms with Crippen LogP contribution in [0, 0.1) is 0 Å². The van der Waals surface area contributed by atoms with E-state index in [0.29, 0.717) is 5.56 Å². The average Bonchev–Trinajstić information content (AvgIpc) is 2.16. The maximum Gasteiger partial charge on any atom is 0.447 e. The molecule has 1 aromatic carbocycles. The highest BCUT2D eigenvalue weighted by atomic mass is 35.5. The maximum atomic E-state index is 12.5. The predicted octanol–water partition coefficient (Wildman–Crippen LogP) is 3.59. The van der Waals surface area contributed by atoms with Crippen molar-refractivity contribution in [3.8, 4) is 5.75 Å². The van der Waals surface area contributed by atoms with Crippen LogP contribution in [0.1, 0.15) is 5.56 Å². The van der Waals surface area contributed by atoms with Crippen molar-refractivity contribution in [2.75, 3.05) is 0 Å². The van der Waals surface area contributed by atoms with Crippen molar-refractivity contribution >= 4 is 17.7 Å². The fourth-order valence-electron chi connectivity index (χ4n) is 1.25. The number of rotatable bonds is 0. The van der Waals surface area contributed by atoms with Gasteiger partial charge in [0.2, 0.25) is 0 Å². The number of benzene rings is 1. The first kappa shape index (κ1) is 10.4. The van der Waals surface area contributed by atoms with Crippen molar-refractivity contribution in [2.24, 2.45) is 0 Å². The Kier molecular flexibility index (Phi) is 2.19. The van der Waals surface area contributed by atoms with Gasteiger partial charge < -0.3 is 4.74 Å². The summed E-state index contributed by atoms with van der Waals surface area (Å²) >= 11 is 5.34. The number of ether oxygens (including phenoxy) is 1. The molecule has 0 amide bonds. The van der Waals surface area contributed by atoms with Gasteiger partial charge in [0, 0.05) is 5.56 Å². The lowest BCUT2D eigenvalue weighted by Gasteiger charge is -2.30. The van der Waals surface area contributed by atoms with Crippen molar-refractivity contribution in [1.82, 2.24) is 0 Å². The van der Waals surface area contributed by atoms with Gasteiger partial charge in [-0.05, 0) is 18.2 Å². The van der Waals surface area contributed by atoms with E-state index in [1.54, 1.807) is 18.2 Å². The first-order chi connectivity index (χ1) is 6.92. The molecule has 0 radical (unpaired) electrons. The normalized spacial score (nSPS) is 24.5. The van der Waals surface area contributed by atoms with Gasteiger partial charge in [0.1, 0.15) is 5.75 Å². The van der Waals surface area contributed by atoms with Crippen molar-refractivity contribution in [3.63, 3.8) is 0 Å². The van der Waals surface area contributed by atoms with E-state index >= 15 is 0 Å². The summed E-state index contributed by atoms with van der Waals surface area (Å²) in [7, 11) is 0. The molecular weight excluding hydrogens is 229 g/mol. The average molecular weight is 235 g/mol. The van der Waals surface area contributed by atoms with E-state index in [2.05, 4.69) is 0 Å². The minimum Gasteiger partial charge on any atom is -0.458 e. The lowest BCUT2D eigenvalue weighted by molar-refractivity contribution is -0.197. The molecule has 0 saturated carbocycles. The molecule has 1 aliphatic rings. The molecule has 2 rings (SSSR count). The molecule has 80 valence electrons. The van der Waals surface area contributed by atoms with E-state index in [1.807, 2.05) is 0 Å². The standard InChI is InChI=1S/C10H6ClF3O/c11-9(10(12,13)14)6-5-7-3-1-2-4-8(7)15-9/h1-6H. The molecular formula is C10H6ClF3O. The third-order valence-electron chi connectivity index (χ3n) is 2.04. The molecule has 1 unspecified atom stereocenters. The fourth-order valence-corrected chi connectivity index (χ4v) is 1.40. The number of halogens is 4. The van der Waals surface area contributed by atoms with Gasteiger partial charge >= 0.3 is 6.18 Å². The Balaban J connectivity index is 2.42. The Morgan fingerprint density at radius 3 is 2.53 bits per heavy atom. The molecule has 1 heterocycles. The zero-order valence-corrected chi connectivity index (χ0v) is 8.14. The molecule has 1 aromatic rings. The highest BCUT2D eigenvalue weighted by Gasteiger charge is 2.55. The molecule has 0 fully saturated rings. The van der Waals surface area contributed by atoms with E-state index in [9.17, 15) is 13.2 Å². The summed E-state index contributed by atoms with van der Waals surface area (Å²) in [4.78, 5) is 0. The second-order valence-corrected chi connectivity index (χ2v) is 3.68. The number of fused-ring (bicyclic) bond motifs is 1. The third-order valence-corrected chi connectivity index (χ3v) is 2.46. The number of para-hydroxylation sites is 1. The van der Waals surface area contributed by atoms with E-state index < -0.39 is 11.2 Å². The Bertz CT molecular complexity index is 413. The lowest BCUT2D eigenvalue weighted by atomic mass is 10.1. The van der Waals surface area contributed by atoms with Crippen molar-refractivity contribution < 1.29 is 17.9 Å². The second-order valence-electron chi connectivity index (χ2n) is 3.12. The van der Waals surface area contributed by atoms with Crippen LogP contribution < -0.4 is 4.74 Å². The van der Waals surface area contributed by atoms with Gasteiger partial charge in [-0.2, -0.15) is 13.2 Å². The summed E-state index contributed by atoms with van der Waals surface area (Å²) in [6, 6.07) is 6.40. The van der Waals surface area contributed by atoms with E-state index in [4.69, 9.17) is 16.3 Å². The number of hydrogen-bond donors (Lipinski definition) is 0. The van der Waals surface area contributed by atoms with Crippen LogP contribution >= 0.6 is 11.6 Å². The Morgan fingerprint density at radius 1 is 1.20 bits per heavy atom. The summed E-state index contributed by atoms with van der Waals surface area (Å²) in [5.41, 5.74) is 0.582.